The number of amides is 1. The van der Waals surface area contributed by atoms with Crippen molar-refractivity contribution in [3.05, 3.63) is 69.0 Å². The Kier molecular flexibility index (Phi) is 8.51. The van der Waals surface area contributed by atoms with Crippen molar-refractivity contribution in [2.75, 3.05) is 6.61 Å². The van der Waals surface area contributed by atoms with Crippen molar-refractivity contribution in [1.29, 1.82) is 5.41 Å². The molecule has 1 amide bonds. The second-order valence-electron chi connectivity index (χ2n) is 8.55. The Hall–Kier alpha value is -3.39. The number of oxime groups is 1. The first-order chi connectivity index (χ1) is 18.0. The number of ether oxygens (including phenoxy) is 1. The summed E-state index contributed by atoms with van der Waals surface area (Å²) in [5, 5.41) is 23.6. The van der Waals surface area contributed by atoms with Crippen LogP contribution in [-0.4, -0.2) is 41.6 Å². The minimum absolute atomic E-state index is 0.0711. The fourth-order valence-electron chi connectivity index (χ4n) is 3.77. The Labute approximate surface area is 222 Å². The topological polar surface area (TPSA) is 104 Å². The zero-order valence-corrected chi connectivity index (χ0v) is 21.0. The van der Waals surface area contributed by atoms with Gasteiger partial charge < -0.3 is 25.4 Å². The minimum Gasteiger partial charge on any atom is -0.479 e. The molecule has 3 rings (SSSR count). The molecule has 2 aromatic carbocycles. The zero-order chi connectivity index (χ0) is 29.3. The first-order valence-electron chi connectivity index (χ1n) is 11.2. The second kappa shape index (κ2) is 11.0. The van der Waals surface area contributed by atoms with E-state index in [-0.39, 0.29) is 41.1 Å². The number of carbonyl (C=O) groups excluding carboxylic acids is 1. The average molecular weight is 584 g/mol. The third kappa shape index (κ3) is 6.44. The molecule has 212 valence electrons. The summed E-state index contributed by atoms with van der Waals surface area (Å²) in [5.41, 5.74) is -8.55. The molecule has 7 nitrogen and oxygen atoms in total. The van der Waals surface area contributed by atoms with Crippen LogP contribution in [0.15, 0.2) is 35.5 Å². The molecule has 39 heavy (non-hydrogen) atoms. The van der Waals surface area contributed by atoms with Crippen molar-refractivity contribution >= 4 is 29.1 Å². The Bertz CT molecular complexity index is 1310. The minimum atomic E-state index is -5.70. The quantitative estimate of drug-likeness (QED) is 0.281. The molecule has 0 saturated heterocycles. The van der Waals surface area contributed by atoms with Crippen LogP contribution >= 0.6 is 11.6 Å². The zero-order valence-electron chi connectivity index (χ0n) is 20.2. The van der Waals surface area contributed by atoms with Crippen LogP contribution in [0.5, 0.6) is 0 Å². The molecule has 0 unspecified atom stereocenters. The lowest BCUT2D eigenvalue weighted by Crippen LogP contribution is -2.45. The van der Waals surface area contributed by atoms with Gasteiger partial charge in [-0.25, -0.2) is 4.39 Å². The van der Waals surface area contributed by atoms with Gasteiger partial charge in [-0.2, -0.15) is 26.3 Å². The maximum atomic E-state index is 14.6. The molecule has 0 aliphatic carbocycles. The predicted octanol–water partition coefficient (Wildman–Crippen LogP) is 5.84. The summed E-state index contributed by atoms with van der Waals surface area (Å²) in [6, 6.07) is 3.37. The van der Waals surface area contributed by atoms with Crippen LogP contribution in [0, 0.1) is 18.2 Å². The molecule has 1 aliphatic heterocycles. The fraction of sp³-hybridized carbons (Fsp3) is 0.375. The third-order valence-corrected chi connectivity index (χ3v) is 6.04. The maximum Gasteiger partial charge on any atom is 0.421 e. The van der Waals surface area contributed by atoms with E-state index in [1.165, 1.54) is 19.1 Å². The molecule has 0 bridgehead atoms. The van der Waals surface area contributed by atoms with Gasteiger partial charge >= 0.3 is 12.4 Å². The average Bonchev–Trinajstić information content (AvgIpc) is 3.25. The van der Waals surface area contributed by atoms with Gasteiger partial charge in [0.15, 0.2) is 5.60 Å². The summed E-state index contributed by atoms with van der Waals surface area (Å²) in [6.45, 7) is 3.50. The molecule has 15 heteroatoms. The van der Waals surface area contributed by atoms with Gasteiger partial charge in [0.05, 0.1) is 23.6 Å². The molecule has 1 heterocycles. The van der Waals surface area contributed by atoms with Crippen molar-refractivity contribution < 1.29 is 50.2 Å². The van der Waals surface area contributed by atoms with E-state index in [2.05, 4.69) is 10.5 Å². The number of aliphatic hydroxyl groups is 1. The van der Waals surface area contributed by atoms with Crippen molar-refractivity contribution in [2.45, 2.75) is 50.9 Å². The smallest absolute Gasteiger partial charge is 0.421 e. The summed E-state index contributed by atoms with van der Waals surface area (Å²) in [4.78, 5) is 17.7. The standard InChI is InChI=1S/C24H21ClF7N3O4/c1-3-38-19-9-18(39-35-19)34-21(36)14-5-4-12(6-11(14)2)17(33)10-22(37,24(30,31)32)15-7-13(23(27,28)29)8-16(25)20(15)26/h4-8,18,33,37H,3,9-10H2,1-2H3,(H,34,36)/t18-,22-/m0/s1. The van der Waals surface area contributed by atoms with Gasteiger partial charge in [-0.1, -0.05) is 17.7 Å². The Balaban J connectivity index is 1.87. The normalized spacial score (nSPS) is 17.2. The Morgan fingerprint density at radius 3 is 2.46 bits per heavy atom. The molecule has 0 fully saturated rings. The highest BCUT2D eigenvalue weighted by atomic mass is 35.5. The van der Waals surface area contributed by atoms with Crippen LogP contribution in [0.4, 0.5) is 30.7 Å². The van der Waals surface area contributed by atoms with Crippen LogP contribution in [0.3, 0.4) is 0 Å². The first-order valence-corrected chi connectivity index (χ1v) is 11.6. The highest BCUT2D eigenvalue weighted by Crippen LogP contribution is 2.46. The van der Waals surface area contributed by atoms with Crippen molar-refractivity contribution in [3.8, 4) is 0 Å². The molecule has 0 spiro atoms. The van der Waals surface area contributed by atoms with Gasteiger partial charge in [-0.15, -0.1) is 0 Å². The fourth-order valence-corrected chi connectivity index (χ4v) is 3.99. The summed E-state index contributed by atoms with van der Waals surface area (Å²) < 4.78 is 101. The lowest BCUT2D eigenvalue weighted by Gasteiger charge is -2.32. The van der Waals surface area contributed by atoms with Gasteiger partial charge in [-0.3, -0.25) is 4.79 Å². The van der Waals surface area contributed by atoms with E-state index in [0.717, 1.165) is 6.07 Å². The second-order valence-corrected chi connectivity index (χ2v) is 8.96. The van der Waals surface area contributed by atoms with Gasteiger partial charge in [0, 0.05) is 23.3 Å². The van der Waals surface area contributed by atoms with Crippen molar-refractivity contribution in [1.82, 2.24) is 5.32 Å². The molecule has 0 radical (unpaired) electrons. The van der Waals surface area contributed by atoms with Gasteiger partial charge in [0.25, 0.3) is 5.91 Å². The molecule has 3 N–H and O–H groups in total. The lowest BCUT2D eigenvalue weighted by molar-refractivity contribution is -0.264. The number of nitrogens with one attached hydrogen (secondary N) is 2. The number of aryl methyl sites for hydroxylation is 1. The molecule has 2 atom stereocenters. The number of carbonyl (C=O) groups is 1. The molecule has 2 aromatic rings. The molecular weight excluding hydrogens is 563 g/mol. The third-order valence-electron chi connectivity index (χ3n) is 5.77. The van der Waals surface area contributed by atoms with Crippen LogP contribution in [-0.2, 0) is 21.4 Å². The molecule has 1 aliphatic rings. The van der Waals surface area contributed by atoms with E-state index in [1.54, 1.807) is 6.92 Å². The summed E-state index contributed by atoms with van der Waals surface area (Å²) in [5.74, 6) is -2.26. The van der Waals surface area contributed by atoms with E-state index < -0.39 is 64.2 Å². The van der Waals surface area contributed by atoms with Crippen LogP contribution < -0.4 is 5.32 Å². The molecular formula is C24H21ClF7N3O4. The Morgan fingerprint density at radius 2 is 1.90 bits per heavy atom. The number of rotatable bonds is 7. The van der Waals surface area contributed by atoms with Gasteiger partial charge in [0.2, 0.25) is 12.1 Å². The van der Waals surface area contributed by atoms with E-state index in [0.29, 0.717) is 6.61 Å². The monoisotopic (exact) mass is 583 g/mol. The number of hydrogen-bond acceptors (Lipinski definition) is 6. The molecule has 0 saturated carbocycles. The summed E-state index contributed by atoms with van der Waals surface area (Å²) >= 11 is 5.42. The number of halogens is 8. The van der Waals surface area contributed by atoms with Crippen LogP contribution in [0.25, 0.3) is 0 Å². The summed E-state index contributed by atoms with van der Waals surface area (Å²) in [7, 11) is 0. The number of hydrogen-bond donors (Lipinski definition) is 3. The van der Waals surface area contributed by atoms with E-state index in [4.69, 9.17) is 26.6 Å². The highest BCUT2D eigenvalue weighted by molar-refractivity contribution is 6.30. The number of nitrogens with zero attached hydrogens (tertiary/aromatic N) is 1. The maximum absolute atomic E-state index is 14.6. The predicted molar refractivity (Wildman–Crippen MR) is 125 cm³/mol. The number of benzene rings is 2. The van der Waals surface area contributed by atoms with Gasteiger partial charge in [-0.05, 0) is 54.4 Å². The van der Waals surface area contributed by atoms with Crippen molar-refractivity contribution in [3.63, 3.8) is 0 Å². The van der Waals surface area contributed by atoms with Gasteiger partial charge in [0.1, 0.15) is 5.82 Å². The SMILES string of the molecule is CCOC1=NO[C@H](NC(=O)c2ccc(C(=N)C[C@](O)(c3cc(C(F)(F)F)cc(Cl)c3F)C(F)(F)F)cc2C)C1. The van der Waals surface area contributed by atoms with Crippen molar-refractivity contribution in [2.24, 2.45) is 5.16 Å². The Morgan fingerprint density at radius 1 is 1.23 bits per heavy atom. The van der Waals surface area contributed by atoms with E-state index in [1.807, 2.05) is 0 Å². The van der Waals surface area contributed by atoms with Crippen LogP contribution in [0.1, 0.15) is 52.4 Å². The number of alkyl halides is 6. The highest BCUT2D eigenvalue weighted by Gasteiger charge is 2.57. The van der Waals surface area contributed by atoms with E-state index in [9.17, 15) is 40.6 Å². The first kappa shape index (κ1) is 30.2. The molecule has 0 aromatic heterocycles. The lowest BCUT2D eigenvalue weighted by atomic mass is 9.84. The van der Waals surface area contributed by atoms with E-state index >= 15 is 0 Å². The largest absolute Gasteiger partial charge is 0.479 e. The van der Waals surface area contributed by atoms with Crippen LogP contribution in [0.2, 0.25) is 5.02 Å². The summed E-state index contributed by atoms with van der Waals surface area (Å²) in [6.07, 6.45) is -13.2.